The van der Waals surface area contributed by atoms with Gasteiger partial charge < -0.3 is 0 Å². The van der Waals surface area contributed by atoms with Crippen LogP contribution in [0.25, 0.3) is 0 Å². The summed E-state index contributed by atoms with van der Waals surface area (Å²) >= 11 is 7.16. The fourth-order valence-electron chi connectivity index (χ4n) is 0.984. The third kappa shape index (κ3) is 2.90. The Morgan fingerprint density at radius 2 is 2.07 bits per heavy atom. The molecule has 0 radical (unpaired) electrons. The minimum absolute atomic E-state index is 0.193. The van der Waals surface area contributed by atoms with Gasteiger partial charge in [-0.1, -0.05) is 18.3 Å². The number of rotatable bonds is 4. The molecule has 3 nitrogen and oxygen atoms in total. The molecule has 5 heteroatoms. The van der Waals surface area contributed by atoms with Gasteiger partial charge in [-0.05, 0) is 38.9 Å². The molecule has 0 aliphatic rings. The SMILES string of the molecule is CCC(C)(C)N(C)Cc1nnc(Cl)s1. The maximum absolute atomic E-state index is 5.72. The van der Waals surface area contributed by atoms with E-state index in [1.165, 1.54) is 11.3 Å². The largest absolute Gasteiger partial charge is 0.295 e. The maximum Gasteiger partial charge on any atom is 0.207 e. The van der Waals surface area contributed by atoms with E-state index in [1.807, 2.05) is 0 Å². The third-order valence-corrected chi connectivity index (χ3v) is 3.72. The lowest BCUT2D eigenvalue weighted by Crippen LogP contribution is -2.39. The lowest BCUT2D eigenvalue weighted by Gasteiger charge is -2.33. The van der Waals surface area contributed by atoms with E-state index in [-0.39, 0.29) is 5.54 Å². The minimum atomic E-state index is 0.193. The standard InChI is InChI=1S/C9H16ClN3S/c1-5-9(2,3)13(4)6-7-11-12-8(10)14-7/h5-6H2,1-4H3. The van der Waals surface area contributed by atoms with Crippen molar-refractivity contribution in [1.29, 1.82) is 0 Å². The summed E-state index contributed by atoms with van der Waals surface area (Å²) in [5.41, 5.74) is 0.193. The molecule has 0 N–H and O–H groups in total. The fourth-order valence-corrected chi connectivity index (χ4v) is 1.90. The van der Waals surface area contributed by atoms with Gasteiger partial charge in [0.2, 0.25) is 4.47 Å². The van der Waals surface area contributed by atoms with Crippen molar-refractivity contribution < 1.29 is 0 Å². The topological polar surface area (TPSA) is 29.0 Å². The first kappa shape index (κ1) is 11.9. The zero-order valence-electron chi connectivity index (χ0n) is 9.04. The Morgan fingerprint density at radius 1 is 1.43 bits per heavy atom. The smallest absolute Gasteiger partial charge is 0.207 e. The van der Waals surface area contributed by atoms with Crippen LogP contribution in [0, 0.1) is 0 Å². The molecule has 0 amide bonds. The van der Waals surface area contributed by atoms with Gasteiger partial charge in [0, 0.05) is 5.54 Å². The summed E-state index contributed by atoms with van der Waals surface area (Å²) < 4.78 is 0.516. The summed E-state index contributed by atoms with van der Waals surface area (Å²) in [7, 11) is 2.10. The van der Waals surface area contributed by atoms with Crippen LogP contribution < -0.4 is 0 Å². The summed E-state index contributed by atoms with van der Waals surface area (Å²) in [4.78, 5) is 2.27. The van der Waals surface area contributed by atoms with Gasteiger partial charge >= 0.3 is 0 Å². The Bertz CT molecular complexity index is 298. The van der Waals surface area contributed by atoms with Gasteiger partial charge in [0.05, 0.1) is 6.54 Å². The lowest BCUT2D eigenvalue weighted by molar-refractivity contribution is 0.142. The van der Waals surface area contributed by atoms with Crippen molar-refractivity contribution >= 4 is 22.9 Å². The molecule has 0 atom stereocenters. The molecule has 0 bridgehead atoms. The Morgan fingerprint density at radius 3 is 2.50 bits per heavy atom. The molecule has 80 valence electrons. The highest BCUT2D eigenvalue weighted by Crippen LogP contribution is 2.22. The maximum atomic E-state index is 5.72. The molecular weight excluding hydrogens is 218 g/mol. The van der Waals surface area contributed by atoms with Gasteiger partial charge in [0.15, 0.2) is 0 Å². The van der Waals surface area contributed by atoms with Crippen LogP contribution in [0.3, 0.4) is 0 Å². The lowest BCUT2D eigenvalue weighted by atomic mass is 10.0. The molecule has 1 heterocycles. The highest BCUT2D eigenvalue weighted by molar-refractivity contribution is 7.15. The Balaban J connectivity index is 2.61. The normalized spacial score (nSPS) is 12.4. The number of halogens is 1. The van der Waals surface area contributed by atoms with E-state index in [0.717, 1.165) is 18.0 Å². The summed E-state index contributed by atoms with van der Waals surface area (Å²) in [5.74, 6) is 0. The summed E-state index contributed by atoms with van der Waals surface area (Å²) in [6.07, 6.45) is 1.11. The van der Waals surface area contributed by atoms with Crippen molar-refractivity contribution in [3.8, 4) is 0 Å². The Labute approximate surface area is 94.1 Å². The zero-order valence-corrected chi connectivity index (χ0v) is 10.6. The number of hydrogen-bond donors (Lipinski definition) is 0. The van der Waals surface area contributed by atoms with Crippen LogP contribution in [0.15, 0.2) is 0 Å². The Hall–Kier alpha value is -0.190. The van der Waals surface area contributed by atoms with Gasteiger partial charge in [0.1, 0.15) is 5.01 Å². The molecule has 14 heavy (non-hydrogen) atoms. The van der Waals surface area contributed by atoms with Gasteiger partial charge in [-0.25, -0.2) is 0 Å². The average molecular weight is 234 g/mol. The van der Waals surface area contributed by atoms with Crippen molar-refractivity contribution in [3.63, 3.8) is 0 Å². The molecular formula is C9H16ClN3S. The number of nitrogens with zero attached hydrogens (tertiary/aromatic N) is 3. The minimum Gasteiger partial charge on any atom is -0.295 e. The molecule has 0 saturated heterocycles. The van der Waals surface area contributed by atoms with E-state index in [4.69, 9.17) is 11.6 Å². The predicted molar refractivity (Wildman–Crippen MR) is 60.8 cm³/mol. The van der Waals surface area contributed by atoms with Gasteiger partial charge in [-0.3, -0.25) is 4.90 Å². The van der Waals surface area contributed by atoms with E-state index in [0.29, 0.717) is 4.47 Å². The van der Waals surface area contributed by atoms with Gasteiger partial charge in [-0.2, -0.15) is 0 Å². The van der Waals surface area contributed by atoms with Gasteiger partial charge in [0.25, 0.3) is 0 Å². The predicted octanol–water partition coefficient (Wildman–Crippen LogP) is 2.81. The van der Waals surface area contributed by atoms with Crippen LogP contribution in [0.1, 0.15) is 32.2 Å². The van der Waals surface area contributed by atoms with Crippen molar-refractivity contribution in [2.75, 3.05) is 7.05 Å². The van der Waals surface area contributed by atoms with E-state index < -0.39 is 0 Å². The second-order valence-corrected chi connectivity index (χ2v) is 5.61. The second kappa shape index (κ2) is 4.55. The Kier molecular flexibility index (Phi) is 3.86. The van der Waals surface area contributed by atoms with E-state index in [9.17, 15) is 0 Å². The first-order chi connectivity index (χ1) is 6.45. The molecule has 0 aliphatic heterocycles. The molecule has 1 aromatic heterocycles. The second-order valence-electron chi connectivity index (χ2n) is 3.97. The molecule has 1 aromatic rings. The average Bonchev–Trinajstić information content (AvgIpc) is 2.51. The quantitative estimate of drug-likeness (QED) is 0.801. The third-order valence-electron chi connectivity index (χ3n) is 2.71. The van der Waals surface area contributed by atoms with Crippen molar-refractivity contribution in [2.45, 2.75) is 39.3 Å². The highest BCUT2D eigenvalue weighted by atomic mass is 35.5. The van der Waals surface area contributed by atoms with E-state index >= 15 is 0 Å². The van der Waals surface area contributed by atoms with Crippen LogP contribution in [0.2, 0.25) is 4.47 Å². The fraction of sp³-hybridized carbons (Fsp3) is 0.778. The monoisotopic (exact) mass is 233 g/mol. The molecule has 0 unspecified atom stereocenters. The number of aromatic nitrogens is 2. The summed E-state index contributed by atoms with van der Waals surface area (Å²) in [6, 6.07) is 0. The van der Waals surface area contributed by atoms with Crippen molar-refractivity contribution in [1.82, 2.24) is 15.1 Å². The van der Waals surface area contributed by atoms with E-state index in [1.54, 1.807) is 0 Å². The molecule has 0 spiro atoms. The first-order valence-electron chi connectivity index (χ1n) is 4.65. The van der Waals surface area contributed by atoms with Crippen LogP contribution >= 0.6 is 22.9 Å². The van der Waals surface area contributed by atoms with Crippen LogP contribution in [0.4, 0.5) is 0 Å². The molecule has 0 fully saturated rings. The summed E-state index contributed by atoms with van der Waals surface area (Å²) in [6.45, 7) is 7.43. The zero-order chi connectivity index (χ0) is 10.8. The molecule has 0 aromatic carbocycles. The van der Waals surface area contributed by atoms with Crippen molar-refractivity contribution in [3.05, 3.63) is 9.47 Å². The van der Waals surface area contributed by atoms with Crippen LogP contribution in [-0.2, 0) is 6.54 Å². The van der Waals surface area contributed by atoms with Crippen LogP contribution in [0.5, 0.6) is 0 Å². The first-order valence-corrected chi connectivity index (χ1v) is 5.84. The molecule has 0 saturated carbocycles. The number of hydrogen-bond acceptors (Lipinski definition) is 4. The van der Waals surface area contributed by atoms with Crippen molar-refractivity contribution in [2.24, 2.45) is 0 Å². The van der Waals surface area contributed by atoms with E-state index in [2.05, 4.69) is 42.9 Å². The molecule has 0 aliphatic carbocycles. The van der Waals surface area contributed by atoms with Crippen LogP contribution in [-0.4, -0.2) is 27.7 Å². The van der Waals surface area contributed by atoms with Gasteiger partial charge in [-0.15, -0.1) is 10.2 Å². The molecule has 1 rings (SSSR count). The summed E-state index contributed by atoms with van der Waals surface area (Å²) in [5, 5.41) is 8.75. The highest BCUT2D eigenvalue weighted by Gasteiger charge is 2.22.